The van der Waals surface area contributed by atoms with Gasteiger partial charge in [-0.2, -0.15) is 0 Å². The third-order valence-electron chi connectivity index (χ3n) is 7.97. The molecule has 10 heteroatoms. The van der Waals surface area contributed by atoms with E-state index in [1.807, 2.05) is 39.0 Å². The van der Waals surface area contributed by atoms with Gasteiger partial charge in [-0.25, -0.2) is 9.59 Å². The summed E-state index contributed by atoms with van der Waals surface area (Å²) in [5.74, 6) is -0.730. The Morgan fingerprint density at radius 2 is 1.53 bits per heavy atom. The summed E-state index contributed by atoms with van der Waals surface area (Å²) in [6, 6.07) is 15.1. The van der Waals surface area contributed by atoms with Crippen LogP contribution in [-0.2, 0) is 4.74 Å². The molecule has 1 saturated heterocycles. The summed E-state index contributed by atoms with van der Waals surface area (Å²) >= 11 is 0. The molecular weight excluding hydrogens is 548 g/mol. The first kappa shape index (κ1) is 28.8. The fourth-order valence-corrected chi connectivity index (χ4v) is 5.55. The molecule has 0 unspecified atom stereocenters. The van der Waals surface area contributed by atoms with Gasteiger partial charge in [0, 0.05) is 66.7 Å². The largest absolute Gasteiger partial charge is 0.444 e. The fourth-order valence-electron chi connectivity index (χ4n) is 5.55. The molecule has 1 aliphatic heterocycles. The van der Waals surface area contributed by atoms with Crippen LogP contribution >= 0.6 is 0 Å². The molecule has 1 N–H and O–H groups in total. The molecule has 3 aliphatic rings. The summed E-state index contributed by atoms with van der Waals surface area (Å²) < 4.78 is 11.1. The van der Waals surface area contributed by atoms with Crippen LogP contribution in [0.4, 0.5) is 16.2 Å². The molecule has 1 aromatic heterocycles. The lowest BCUT2D eigenvalue weighted by Gasteiger charge is -2.26. The molecule has 2 saturated carbocycles. The number of anilines is 2. The smallest absolute Gasteiger partial charge is 0.410 e. The van der Waals surface area contributed by atoms with E-state index >= 15 is 0 Å². The summed E-state index contributed by atoms with van der Waals surface area (Å²) in [5, 5.41) is 3.43. The Balaban J connectivity index is 1.09. The van der Waals surface area contributed by atoms with Gasteiger partial charge < -0.3 is 29.2 Å². The van der Waals surface area contributed by atoms with Gasteiger partial charge >= 0.3 is 11.7 Å². The number of benzene rings is 2. The lowest BCUT2D eigenvalue weighted by molar-refractivity contribution is 0.0255. The monoisotopic (exact) mass is 586 g/mol. The first-order valence-electron chi connectivity index (χ1n) is 15.1. The Kier molecular flexibility index (Phi) is 7.62. The fraction of sp³-hybridized carbons (Fsp3) is 0.455. The van der Waals surface area contributed by atoms with E-state index in [1.165, 1.54) is 25.7 Å². The number of rotatable bonds is 6. The molecule has 0 bridgehead atoms. The zero-order valence-corrected chi connectivity index (χ0v) is 24.9. The van der Waals surface area contributed by atoms with Gasteiger partial charge in [-0.05, 0) is 95.3 Å². The van der Waals surface area contributed by atoms with Gasteiger partial charge in [-0.15, -0.1) is 0 Å². The maximum Gasteiger partial charge on any atom is 0.410 e. The minimum Gasteiger partial charge on any atom is -0.444 e. The average molecular weight is 587 g/mol. The maximum atomic E-state index is 13.2. The number of amides is 3. The molecule has 226 valence electrons. The van der Waals surface area contributed by atoms with Gasteiger partial charge in [0.15, 0.2) is 0 Å². The van der Waals surface area contributed by atoms with Crippen LogP contribution in [0, 0.1) is 0 Å². The van der Waals surface area contributed by atoms with Crippen molar-refractivity contribution in [1.29, 1.82) is 0 Å². The van der Waals surface area contributed by atoms with Crippen LogP contribution in [0.2, 0.25) is 0 Å². The van der Waals surface area contributed by atoms with Crippen LogP contribution in [0.1, 0.15) is 73.6 Å². The second-order valence-electron chi connectivity index (χ2n) is 12.7. The molecule has 3 fully saturated rings. The molecule has 2 aromatic carbocycles. The average Bonchev–Trinajstić information content (AvgIpc) is 3.86. The third-order valence-corrected chi connectivity index (χ3v) is 7.97. The number of carbonyl (C=O) groups is 3. The van der Waals surface area contributed by atoms with Crippen LogP contribution < -0.4 is 15.8 Å². The van der Waals surface area contributed by atoms with Crippen molar-refractivity contribution in [2.45, 2.75) is 70.6 Å². The van der Waals surface area contributed by atoms with Crippen molar-refractivity contribution in [3.8, 4) is 0 Å². The number of nitrogens with zero attached hydrogens (tertiary/aromatic N) is 3. The lowest BCUT2D eigenvalue weighted by Crippen LogP contribution is -2.40. The number of hydrogen-bond donors (Lipinski definition) is 1. The normalized spacial score (nSPS) is 17.4. The van der Waals surface area contributed by atoms with Crippen molar-refractivity contribution in [3.63, 3.8) is 0 Å². The van der Waals surface area contributed by atoms with Crippen LogP contribution in [-0.4, -0.2) is 71.6 Å². The van der Waals surface area contributed by atoms with E-state index in [0.29, 0.717) is 66.9 Å². The highest BCUT2D eigenvalue weighted by atomic mass is 16.6. The van der Waals surface area contributed by atoms with Crippen molar-refractivity contribution < 1.29 is 23.5 Å². The number of nitrogens with one attached hydrogen (secondary N) is 1. The molecular formula is C33H38N4O6. The minimum absolute atomic E-state index is 0.0826. The Bertz CT molecular complexity index is 1590. The number of fused-ring (bicyclic) bond motifs is 1. The summed E-state index contributed by atoms with van der Waals surface area (Å²) in [6.07, 6.45) is 5.05. The third kappa shape index (κ3) is 6.68. The number of hydrogen-bond acceptors (Lipinski definition) is 7. The van der Waals surface area contributed by atoms with Gasteiger partial charge in [0.05, 0.1) is 0 Å². The van der Waals surface area contributed by atoms with E-state index in [2.05, 4.69) is 10.2 Å². The van der Waals surface area contributed by atoms with E-state index in [4.69, 9.17) is 9.15 Å². The standard InChI is InChI=1S/C33H38N4O6/c1-33(2,3)43-32(41)36-16-4-15-35(17-18-36)30(39)21-5-8-23(9-6-21)34-29(38)27-19-22-7-10-26(20-28(22)42-31(27)40)37(24-11-12-24)25-13-14-25/h5-10,19-20,24-25H,4,11-18H2,1-3H3,(H,34,38). The second kappa shape index (κ2) is 11.4. The predicted octanol–water partition coefficient (Wildman–Crippen LogP) is 5.26. The van der Waals surface area contributed by atoms with Gasteiger partial charge in [0.1, 0.15) is 16.7 Å². The van der Waals surface area contributed by atoms with Crippen molar-refractivity contribution in [1.82, 2.24) is 9.80 Å². The Hall–Kier alpha value is -4.34. The molecule has 43 heavy (non-hydrogen) atoms. The van der Waals surface area contributed by atoms with E-state index < -0.39 is 17.1 Å². The molecule has 2 heterocycles. The molecule has 0 spiro atoms. The quantitative estimate of drug-likeness (QED) is 0.392. The summed E-state index contributed by atoms with van der Waals surface area (Å²) in [6.45, 7) is 7.32. The van der Waals surface area contributed by atoms with Gasteiger partial charge in [0.25, 0.3) is 11.8 Å². The lowest BCUT2D eigenvalue weighted by atomic mass is 10.1. The van der Waals surface area contributed by atoms with E-state index in [1.54, 1.807) is 40.1 Å². The van der Waals surface area contributed by atoms with Crippen LogP contribution in [0.5, 0.6) is 0 Å². The van der Waals surface area contributed by atoms with Crippen molar-refractivity contribution in [2.75, 3.05) is 36.4 Å². The van der Waals surface area contributed by atoms with Crippen molar-refractivity contribution >= 4 is 40.3 Å². The highest BCUT2D eigenvalue weighted by Crippen LogP contribution is 2.41. The molecule has 0 atom stereocenters. The SMILES string of the molecule is CC(C)(C)OC(=O)N1CCCN(C(=O)c2ccc(NC(=O)c3cc4ccc(N(C5CC5)C5CC5)cc4oc3=O)cc2)CC1. The van der Waals surface area contributed by atoms with Crippen LogP contribution in [0.15, 0.2) is 57.7 Å². The van der Waals surface area contributed by atoms with Crippen LogP contribution in [0.3, 0.4) is 0 Å². The molecule has 3 amide bonds. The molecule has 2 aliphatic carbocycles. The number of carbonyl (C=O) groups excluding carboxylic acids is 3. The first-order valence-corrected chi connectivity index (χ1v) is 15.1. The summed E-state index contributed by atoms with van der Waals surface area (Å²) in [5.41, 5.74) is 1.10. The second-order valence-corrected chi connectivity index (χ2v) is 12.7. The van der Waals surface area contributed by atoms with Crippen molar-refractivity contribution in [2.24, 2.45) is 0 Å². The minimum atomic E-state index is -0.695. The molecule has 3 aromatic rings. The summed E-state index contributed by atoms with van der Waals surface area (Å²) in [7, 11) is 0. The summed E-state index contributed by atoms with van der Waals surface area (Å²) in [4.78, 5) is 57.3. The highest BCUT2D eigenvalue weighted by molar-refractivity contribution is 6.05. The highest BCUT2D eigenvalue weighted by Gasteiger charge is 2.39. The predicted molar refractivity (Wildman–Crippen MR) is 164 cm³/mol. The van der Waals surface area contributed by atoms with Gasteiger partial charge in [-0.3, -0.25) is 9.59 Å². The maximum absolute atomic E-state index is 13.2. The Morgan fingerprint density at radius 3 is 2.19 bits per heavy atom. The molecule has 10 nitrogen and oxygen atoms in total. The molecule has 0 radical (unpaired) electrons. The Labute approximate surface area is 250 Å². The van der Waals surface area contributed by atoms with E-state index in [9.17, 15) is 19.2 Å². The molecule has 6 rings (SSSR count). The van der Waals surface area contributed by atoms with Crippen LogP contribution in [0.25, 0.3) is 11.0 Å². The van der Waals surface area contributed by atoms with Gasteiger partial charge in [-0.1, -0.05) is 0 Å². The van der Waals surface area contributed by atoms with Gasteiger partial charge in [0.2, 0.25) is 0 Å². The van der Waals surface area contributed by atoms with E-state index in [0.717, 1.165) is 5.69 Å². The zero-order valence-electron chi connectivity index (χ0n) is 24.9. The zero-order chi connectivity index (χ0) is 30.3. The number of ether oxygens (including phenoxy) is 1. The first-order chi connectivity index (χ1) is 20.6. The van der Waals surface area contributed by atoms with E-state index in [-0.39, 0.29) is 17.6 Å². The topological polar surface area (TPSA) is 112 Å². The Morgan fingerprint density at radius 1 is 0.884 bits per heavy atom. The van der Waals surface area contributed by atoms with Crippen molar-refractivity contribution in [3.05, 3.63) is 70.1 Å².